The lowest BCUT2D eigenvalue weighted by molar-refractivity contribution is -0.144. The summed E-state index contributed by atoms with van der Waals surface area (Å²) >= 11 is 1.81. The number of likely N-dealkylation sites (tertiary alicyclic amines) is 1. The summed E-state index contributed by atoms with van der Waals surface area (Å²) in [5.74, 6) is -0.0131. The van der Waals surface area contributed by atoms with Gasteiger partial charge in [0.25, 0.3) is 0 Å². The molecule has 0 unspecified atom stereocenters. The van der Waals surface area contributed by atoms with Crippen LogP contribution in [0, 0.1) is 0 Å². The Morgan fingerprint density at radius 2 is 2.24 bits per heavy atom. The van der Waals surface area contributed by atoms with E-state index in [1.807, 2.05) is 18.2 Å². The molecule has 3 atom stereocenters. The number of amides is 1. The second kappa shape index (κ2) is 7.64. The third-order valence-corrected chi connectivity index (χ3v) is 5.93. The van der Waals surface area contributed by atoms with E-state index in [-0.39, 0.29) is 18.1 Å². The van der Waals surface area contributed by atoms with Gasteiger partial charge >= 0.3 is 0 Å². The SMILES string of the molecule is O=C(NCc1ccccn1)[C@@H]1CC[C@@H]2[C@@H](CCN2Cc2cccs2)O1. The van der Waals surface area contributed by atoms with Crippen molar-refractivity contribution in [2.24, 2.45) is 0 Å². The predicted octanol–water partition coefficient (Wildman–Crippen LogP) is 2.58. The van der Waals surface area contributed by atoms with E-state index < -0.39 is 0 Å². The Kier molecular flexibility index (Phi) is 5.10. The van der Waals surface area contributed by atoms with Gasteiger partial charge in [-0.05, 0) is 42.8 Å². The van der Waals surface area contributed by atoms with Crippen LogP contribution in [0.15, 0.2) is 41.9 Å². The van der Waals surface area contributed by atoms with Crippen LogP contribution in [0.2, 0.25) is 0 Å². The Hall–Kier alpha value is -1.76. The van der Waals surface area contributed by atoms with Crippen LogP contribution in [0.3, 0.4) is 0 Å². The van der Waals surface area contributed by atoms with E-state index in [9.17, 15) is 4.79 Å². The molecule has 2 aliphatic rings. The maximum absolute atomic E-state index is 12.4. The molecule has 132 valence electrons. The van der Waals surface area contributed by atoms with E-state index in [0.29, 0.717) is 12.6 Å². The largest absolute Gasteiger partial charge is 0.363 e. The second-order valence-corrected chi connectivity index (χ2v) is 7.72. The van der Waals surface area contributed by atoms with Gasteiger partial charge in [-0.3, -0.25) is 14.7 Å². The number of aromatic nitrogens is 1. The van der Waals surface area contributed by atoms with Crippen molar-refractivity contribution in [3.63, 3.8) is 0 Å². The molecular formula is C19H23N3O2S. The zero-order valence-electron chi connectivity index (χ0n) is 14.1. The Morgan fingerprint density at radius 3 is 3.04 bits per heavy atom. The topological polar surface area (TPSA) is 54.5 Å². The molecule has 1 N–H and O–H groups in total. The predicted molar refractivity (Wildman–Crippen MR) is 97.1 cm³/mol. The standard InChI is InChI=1S/C19H23N3O2S/c23-19(21-12-14-4-1-2-9-20-14)18-7-6-16-17(24-18)8-10-22(16)13-15-5-3-11-25-15/h1-5,9,11,16-18H,6-8,10,12-13H2,(H,21,23)/t16-,17-,18+/m1/s1. The van der Waals surface area contributed by atoms with Gasteiger partial charge in [-0.1, -0.05) is 12.1 Å². The summed E-state index contributed by atoms with van der Waals surface area (Å²) < 4.78 is 6.14. The van der Waals surface area contributed by atoms with Crippen LogP contribution in [0.1, 0.15) is 29.8 Å². The molecular weight excluding hydrogens is 334 g/mol. The van der Waals surface area contributed by atoms with Crippen molar-refractivity contribution in [3.05, 3.63) is 52.5 Å². The summed E-state index contributed by atoms with van der Waals surface area (Å²) in [7, 11) is 0. The van der Waals surface area contributed by atoms with Crippen molar-refractivity contribution in [1.82, 2.24) is 15.2 Å². The normalized spacial score (nSPS) is 26.3. The molecule has 0 aromatic carbocycles. The number of rotatable bonds is 5. The average Bonchev–Trinajstić information content (AvgIpc) is 3.31. The highest BCUT2D eigenvalue weighted by atomic mass is 32.1. The van der Waals surface area contributed by atoms with Crippen molar-refractivity contribution in [2.75, 3.05) is 6.54 Å². The fraction of sp³-hybridized carbons (Fsp3) is 0.474. The van der Waals surface area contributed by atoms with Crippen LogP contribution >= 0.6 is 11.3 Å². The molecule has 5 nitrogen and oxygen atoms in total. The minimum atomic E-state index is -0.327. The first-order valence-electron chi connectivity index (χ1n) is 8.89. The van der Waals surface area contributed by atoms with Crippen LogP contribution in [0.4, 0.5) is 0 Å². The number of fused-ring (bicyclic) bond motifs is 1. The third-order valence-electron chi connectivity index (χ3n) is 5.06. The highest BCUT2D eigenvalue weighted by Gasteiger charge is 2.41. The average molecular weight is 357 g/mol. The molecule has 2 fully saturated rings. The molecule has 2 aromatic heterocycles. The smallest absolute Gasteiger partial charge is 0.249 e. The molecule has 0 spiro atoms. The van der Waals surface area contributed by atoms with Gasteiger partial charge in [-0.25, -0.2) is 0 Å². The number of thiophene rings is 1. The van der Waals surface area contributed by atoms with Gasteiger partial charge in [0, 0.05) is 30.2 Å². The highest BCUT2D eigenvalue weighted by Crippen LogP contribution is 2.33. The van der Waals surface area contributed by atoms with Gasteiger partial charge in [-0.2, -0.15) is 0 Å². The monoisotopic (exact) mass is 357 g/mol. The third kappa shape index (κ3) is 3.92. The van der Waals surface area contributed by atoms with Crippen LogP contribution in [0.25, 0.3) is 0 Å². The minimum absolute atomic E-state index is 0.0131. The van der Waals surface area contributed by atoms with E-state index in [0.717, 1.165) is 38.0 Å². The molecule has 25 heavy (non-hydrogen) atoms. The molecule has 4 heterocycles. The highest BCUT2D eigenvalue weighted by molar-refractivity contribution is 7.09. The molecule has 0 radical (unpaired) electrons. The minimum Gasteiger partial charge on any atom is -0.363 e. The molecule has 0 bridgehead atoms. The Balaban J connectivity index is 1.29. The zero-order chi connectivity index (χ0) is 17.1. The maximum Gasteiger partial charge on any atom is 0.249 e. The quantitative estimate of drug-likeness (QED) is 0.894. The molecule has 2 saturated heterocycles. The van der Waals surface area contributed by atoms with Crippen LogP contribution < -0.4 is 5.32 Å². The van der Waals surface area contributed by atoms with Gasteiger partial charge in [0.15, 0.2) is 0 Å². The van der Waals surface area contributed by atoms with Gasteiger partial charge in [0.05, 0.1) is 18.3 Å². The fourth-order valence-corrected chi connectivity index (χ4v) is 4.53. The summed E-state index contributed by atoms with van der Waals surface area (Å²) in [5, 5.41) is 5.08. The summed E-state index contributed by atoms with van der Waals surface area (Å²) in [6.07, 6.45) is 4.42. The van der Waals surface area contributed by atoms with E-state index in [4.69, 9.17) is 4.74 Å². The number of ether oxygens (including phenoxy) is 1. The summed E-state index contributed by atoms with van der Waals surface area (Å²) in [5.41, 5.74) is 0.868. The number of pyridine rings is 1. The Bertz CT molecular complexity index is 692. The van der Waals surface area contributed by atoms with Gasteiger partial charge < -0.3 is 10.1 Å². The first-order valence-corrected chi connectivity index (χ1v) is 9.77. The van der Waals surface area contributed by atoms with Crippen LogP contribution in [-0.4, -0.2) is 40.6 Å². The number of nitrogens with one attached hydrogen (secondary N) is 1. The molecule has 0 saturated carbocycles. The van der Waals surface area contributed by atoms with E-state index >= 15 is 0 Å². The van der Waals surface area contributed by atoms with E-state index in [1.165, 1.54) is 4.88 Å². The number of hydrogen-bond donors (Lipinski definition) is 1. The van der Waals surface area contributed by atoms with Crippen molar-refractivity contribution in [3.8, 4) is 0 Å². The van der Waals surface area contributed by atoms with Crippen molar-refractivity contribution >= 4 is 17.2 Å². The van der Waals surface area contributed by atoms with Crippen molar-refractivity contribution in [1.29, 1.82) is 0 Å². The van der Waals surface area contributed by atoms with Gasteiger partial charge in [0.1, 0.15) is 6.10 Å². The Labute approximate surface area is 152 Å². The van der Waals surface area contributed by atoms with Crippen molar-refractivity contribution < 1.29 is 9.53 Å². The lowest BCUT2D eigenvalue weighted by Gasteiger charge is -2.35. The summed E-state index contributed by atoms with van der Waals surface area (Å²) in [4.78, 5) is 20.6. The van der Waals surface area contributed by atoms with E-state index in [2.05, 4.69) is 32.7 Å². The number of carbonyl (C=O) groups is 1. The molecule has 0 aliphatic carbocycles. The fourth-order valence-electron chi connectivity index (χ4n) is 3.80. The van der Waals surface area contributed by atoms with Crippen molar-refractivity contribution in [2.45, 2.75) is 50.6 Å². The number of carbonyl (C=O) groups excluding carboxylic acids is 1. The molecule has 6 heteroatoms. The number of hydrogen-bond acceptors (Lipinski definition) is 5. The van der Waals surface area contributed by atoms with Crippen LogP contribution in [-0.2, 0) is 22.6 Å². The maximum atomic E-state index is 12.4. The molecule has 4 rings (SSSR count). The summed E-state index contributed by atoms with van der Waals surface area (Å²) in [6.45, 7) is 2.51. The lowest BCUT2D eigenvalue weighted by atomic mass is 9.98. The van der Waals surface area contributed by atoms with E-state index in [1.54, 1.807) is 17.5 Å². The second-order valence-electron chi connectivity index (χ2n) is 6.69. The number of nitrogens with zero attached hydrogens (tertiary/aromatic N) is 2. The molecule has 2 aromatic rings. The molecule has 2 aliphatic heterocycles. The zero-order valence-corrected chi connectivity index (χ0v) is 15.0. The Morgan fingerprint density at radius 1 is 1.28 bits per heavy atom. The van der Waals surface area contributed by atoms with Gasteiger partial charge in [0.2, 0.25) is 5.91 Å². The lowest BCUT2D eigenvalue weighted by Crippen LogP contribution is -2.47. The van der Waals surface area contributed by atoms with Gasteiger partial charge in [-0.15, -0.1) is 11.3 Å². The summed E-state index contributed by atoms with van der Waals surface area (Å²) in [6, 6.07) is 10.5. The first-order chi connectivity index (χ1) is 12.3. The first kappa shape index (κ1) is 16.7. The molecule has 1 amide bonds. The van der Waals surface area contributed by atoms with Crippen LogP contribution in [0.5, 0.6) is 0 Å².